The molecule has 1 aliphatic carbocycles. The van der Waals surface area contributed by atoms with Crippen molar-refractivity contribution in [3.05, 3.63) is 35.4 Å². The van der Waals surface area contributed by atoms with Crippen LogP contribution >= 0.6 is 0 Å². The van der Waals surface area contributed by atoms with Gasteiger partial charge in [-0.2, -0.15) is 0 Å². The van der Waals surface area contributed by atoms with Crippen molar-refractivity contribution in [2.45, 2.75) is 44.7 Å². The molecule has 0 atom stereocenters. The van der Waals surface area contributed by atoms with Crippen molar-refractivity contribution < 1.29 is 14.7 Å². The van der Waals surface area contributed by atoms with Gasteiger partial charge in [-0.05, 0) is 37.8 Å². The third-order valence-electron chi connectivity index (χ3n) is 3.43. The summed E-state index contributed by atoms with van der Waals surface area (Å²) < 4.78 is 0. The first kappa shape index (κ1) is 14.4. The predicted octanol–water partition coefficient (Wildman–Crippen LogP) is 1.71. The Bertz CT molecular complexity index is 501. The lowest BCUT2D eigenvalue weighted by Gasteiger charge is -2.25. The molecule has 0 saturated carbocycles. The molecule has 0 aliphatic heterocycles. The van der Waals surface area contributed by atoms with E-state index >= 15 is 0 Å². The second-order valence-electron chi connectivity index (χ2n) is 5.93. The SMILES string of the molecule is CC(C)(CC(=O)O)NC(=O)NC1Cc2ccccc2C1. The highest BCUT2D eigenvalue weighted by molar-refractivity contribution is 5.77. The topological polar surface area (TPSA) is 78.4 Å². The van der Waals surface area contributed by atoms with Gasteiger partial charge in [0.1, 0.15) is 0 Å². The molecule has 1 aromatic carbocycles. The van der Waals surface area contributed by atoms with Crippen molar-refractivity contribution in [3.8, 4) is 0 Å². The van der Waals surface area contributed by atoms with Crippen LogP contribution in [0.3, 0.4) is 0 Å². The molecule has 0 fully saturated rings. The van der Waals surface area contributed by atoms with Gasteiger partial charge in [0.2, 0.25) is 0 Å². The number of benzene rings is 1. The van der Waals surface area contributed by atoms with Crippen molar-refractivity contribution in [2.75, 3.05) is 0 Å². The van der Waals surface area contributed by atoms with Gasteiger partial charge in [0.15, 0.2) is 0 Å². The summed E-state index contributed by atoms with van der Waals surface area (Å²) in [6.45, 7) is 3.40. The van der Waals surface area contributed by atoms with E-state index in [9.17, 15) is 9.59 Å². The van der Waals surface area contributed by atoms with Crippen molar-refractivity contribution >= 4 is 12.0 Å². The average molecular weight is 276 g/mol. The number of hydrogen-bond donors (Lipinski definition) is 3. The number of hydrogen-bond acceptors (Lipinski definition) is 2. The molecule has 0 aromatic heterocycles. The number of carbonyl (C=O) groups excluding carboxylic acids is 1. The molecule has 108 valence electrons. The highest BCUT2D eigenvalue weighted by Crippen LogP contribution is 2.21. The first-order chi connectivity index (χ1) is 9.35. The van der Waals surface area contributed by atoms with Crippen molar-refractivity contribution in [1.82, 2.24) is 10.6 Å². The summed E-state index contributed by atoms with van der Waals surface area (Å²) in [5.74, 6) is -0.927. The first-order valence-corrected chi connectivity index (χ1v) is 6.73. The van der Waals surface area contributed by atoms with Gasteiger partial charge in [-0.15, -0.1) is 0 Å². The summed E-state index contributed by atoms with van der Waals surface area (Å²) in [5, 5.41) is 14.4. The number of urea groups is 1. The van der Waals surface area contributed by atoms with Crippen LogP contribution in [0.25, 0.3) is 0 Å². The Kier molecular flexibility index (Phi) is 3.97. The highest BCUT2D eigenvalue weighted by atomic mass is 16.4. The van der Waals surface area contributed by atoms with E-state index in [1.807, 2.05) is 12.1 Å². The number of nitrogens with one attached hydrogen (secondary N) is 2. The van der Waals surface area contributed by atoms with Crippen LogP contribution in [0.4, 0.5) is 4.79 Å². The normalized spacial score (nSPS) is 14.7. The van der Waals surface area contributed by atoms with Crippen LogP contribution in [-0.2, 0) is 17.6 Å². The lowest BCUT2D eigenvalue weighted by Crippen LogP contribution is -2.52. The van der Waals surface area contributed by atoms with Gasteiger partial charge in [-0.1, -0.05) is 24.3 Å². The van der Waals surface area contributed by atoms with E-state index in [0.717, 1.165) is 12.8 Å². The Hall–Kier alpha value is -2.04. The summed E-state index contributed by atoms with van der Waals surface area (Å²) >= 11 is 0. The number of amides is 2. The molecular formula is C15H20N2O3. The zero-order valence-electron chi connectivity index (χ0n) is 11.8. The smallest absolute Gasteiger partial charge is 0.315 e. The van der Waals surface area contributed by atoms with Gasteiger partial charge in [0.05, 0.1) is 6.42 Å². The zero-order valence-corrected chi connectivity index (χ0v) is 11.8. The third-order valence-corrected chi connectivity index (χ3v) is 3.43. The van der Waals surface area contributed by atoms with E-state index in [0.29, 0.717) is 0 Å². The fourth-order valence-corrected chi connectivity index (χ4v) is 2.61. The Morgan fingerprint density at radius 1 is 1.25 bits per heavy atom. The predicted molar refractivity (Wildman–Crippen MR) is 75.6 cm³/mol. The maximum atomic E-state index is 11.9. The molecule has 0 radical (unpaired) electrons. The molecule has 5 nitrogen and oxygen atoms in total. The quantitative estimate of drug-likeness (QED) is 0.783. The Morgan fingerprint density at radius 3 is 2.30 bits per heavy atom. The van der Waals surface area contributed by atoms with Crippen LogP contribution in [0.15, 0.2) is 24.3 Å². The second-order valence-corrected chi connectivity index (χ2v) is 5.93. The van der Waals surface area contributed by atoms with Gasteiger partial charge in [-0.3, -0.25) is 4.79 Å². The molecule has 1 aromatic rings. The third kappa shape index (κ3) is 3.73. The lowest BCUT2D eigenvalue weighted by atomic mass is 10.0. The van der Waals surface area contributed by atoms with E-state index in [-0.39, 0.29) is 18.5 Å². The molecule has 0 spiro atoms. The number of carboxylic acids is 1. The summed E-state index contributed by atoms with van der Waals surface area (Å²) in [4.78, 5) is 22.7. The monoisotopic (exact) mass is 276 g/mol. The largest absolute Gasteiger partial charge is 0.481 e. The number of carbonyl (C=O) groups is 2. The molecule has 0 unspecified atom stereocenters. The first-order valence-electron chi connectivity index (χ1n) is 6.73. The van der Waals surface area contributed by atoms with Crippen LogP contribution in [0, 0.1) is 0 Å². The Morgan fingerprint density at radius 2 is 1.80 bits per heavy atom. The van der Waals surface area contributed by atoms with E-state index in [1.165, 1.54) is 11.1 Å². The molecule has 20 heavy (non-hydrogen) atoms. The Balaban J connectivity index is 1.86. The van der Waals surface area contributed by atoms with Gasteiger partial charge >= 0.3 is 12.0 Å². The number of aliphatic carboxylic acids is 1. The molecular weight excluding hydrogens is 256 g/mol. The molecule has 5 heteroatoms. The summed E-state index contributed by atoms with van der Waals surface area (Å²) in [7, 11) is 0. The van der Waals surface area contributed by atoms with Gasteiger partial charge in [-0.25, -0.2) is 4.79 Å². The summed E-state index contributed by atoms with van der Waals surface area (Å²) in [6, 6.07) is 7.91. The number of fused-ring (bicyclic) bond motifs is 1. The lowest BCUT2D eigenvalue weighted by molar-refractivity contribution is -0.138. The van der Waals surface area contributed by atoms with E-state index < -0.39 is 11.5 Å². The van der Waals surface area contributed by atoms with Crippen LogP contribution in [0.1, 0.15) is 31.4 Å². The molecule has 0 saturated heterocycles. The number of carboxylic acid groups (broad SMARTS) is 1. The van der Waals surface area contributed by atoms with Gasteiger partial charge in [0, 0.05) is 11.6 Å². The van der Waals surface area contributed by atoms with Gasteiger partial charge < -0.3 is 15.7 Å². The van der Waals surface area contributed by atoms with E-state index in [1.54, 1.807) is 13.8 Å². The van der Waals surface area contributed by atoms with Crippen LogP contribution in [0.2, 0.25) is 0 Å². The average Bonchev–Trinajstić information content (AvgIpc) is 2.67. The maximum absolute atomic E-state index is 11.9. The van der Waals surface area contributed by atoms with Gasteiger partial charge in [0.25, 0.3) is 0 Å². The summed E-state index contributed by atoms with van der Waals surface area (Å²) in [6.07, 6.45) is 1.54. The van der Waals surface area contributed by atoms with Crippen molar-refractivity contribution in [1.29, 1.82) is 0 Å². The molecule has 0 heterocycles. The van der Waals surface area contributed by atoms with E-state index in [4.69, 9.17) is 5.11 Å². The summed E-state index contributed by atoms with van der Waals surface area (Å²) in [5.41, 5.74) is 1.77. The minimum atomic E-state index is -0.927. The van der Waals surface area contributed by atoms with Crippen molar-refractivity contribution in [3.63, 3.8) is 0 Å². The second kappa shape index (κ2) is 5.53. The van der Waals surface area contributed by atoms with Crippen LogP contribution in [-0.4, -0.2) is 28.7 Å². The molecule has 2 rings (SSSR count). The fraction of sp³-hybridized carbons (Fsp3) is 0.467. The Labute approximate surface area is 118 Å². The maximum Gasteiger partial charge on any atom is 0.315 e. The molecule has 3 N–H and O–H groups in total. The standard InChI is InChI=1S/C15H20N2O3/c1-15(2,9-13(18)19)17-14(20)16-12-7-10-5-3-4-6-11(10)8-12/h3-6,12H,7-9H2,1-2H3,(H,18,19)(H2,16,17,20). The van der Waals surface area contributed by atoms with Crippen LogP contribution < -0.4 is 10.6 Å². The minimum Gasteiger partial charge on any atom is -0.481 e. The fourth-order valence-electron chi connectivity index (χ4n) is 2.61. The molecule has 0 bridgehead atoms. The molecule has 1 aliphatic rings. The molecule has 2 amide bonds. The van der Waals surface area contributed by atoms with Crippen molar-refractivity contribution in [2.24, 2.45) is 0 Å². The van der Waals surface area contributed by atoms with E-state index in [2.05, 4.69) is 22.8 Å². The highest BCUT2D eigenvalue weighted by Gasteiger charge is 2.27. The minimum absolute atomic E-state index is 0.0769. The number of rotatable bonds is 4. The zero-order chi connectivity index (χ0) is 14.8. The van der Waals surface area contributed by atoms with Crippen LogP contribution in [0.5, 0.6) is 0 Å².